The van der Waals surface area contributed by atoms with E-state index < -0.39 is 5.41 Å². The molecular weight excluding hydrogens is 290 g/mol. The number of aromatic nitrogens is 4. The molecular formula is C17H27N5O. The predicted molar refractivity (Wildman–Crippen MR) is 85.6 cm³/mol. The Morgan fingerprint density at radius 2 is 1.74 bits per heavy atom. The summed E-state index contributed by atoms with van der Waals surface area (Å²) in [6, 6.07) is 0.362. The first-order valence-corrected chi connectivity index (χ1v) is 9.34. The molecule has 2 N–H and O–H groups in total. The van der Waals surface area contributed by atoms with E-state index in [1.165, 1.54) is 51.4 Å². The number of nitrogens with one attached hydrogen (secondary N) is 2. The van der Waals surface area contributed by atoms with Crippen molar-refractivity contribution in [1.29, 1.82) is 0 Å². The van der Waals surface area contributed by atoms with E-state index in [2.05, 4.69) is 25.9 Å². The zero-order valence-electron chi connectivity index (χ0n) is 13.8. The zero-order valence-corrected chi connectivity index (χ0v) is 13.8. The van der Waals surface area contributed by atoms with Crippen molar-refractivity contribution in [1.82, 2.24) is 25.9 Å². The van der Waals surface area contributed by atoms with Crippen LogP contribution in [-0.4, -0.2) is 32.6 Å². The fourth-order valence-corrected chi connectivity index (χ4v) is 4.65. The molecule has 3 fully saturated rings. The maximum Gasteiger partial charge on any atom is 0.234 e. The maximum atomic E-state index is 13.1. The number of tetrazole rings is 1. The number of H-pyrrole nitrogens is 1. The molecule has 0 saturated heterocycles. The Balaban J connectivity index is 1.50. The number of rotatable bonds is 5. The Hall–Kier alpha value is -1.46. The molecule has 6 nitrogen and oxygen atoms in total. The maximum absolute atomic E-state index is 13.1. The number of hydrogen-bond acceptors (Lipinski definition) is 4. The van der Waals surface area contributed by atoms with Crippen molar-refractivity contribution in [3.05, 3.63) is 5.82 Å². The standard InChI is InChI=1S/C17H27N5O/c23-16(17(10-5-11-17)15-19-21-22-20-15)18-14(13-8-4-9-13)12-6-2-1-3-7-12/h12-14H,1-11H2,(H,18,23)(H,19,20,21,22). The molecule has 1 atom stereocenters. The molecule has 0 bridgehead atoms. The van der Waals surface area contributed by atoms with Gasteiger partial charge >= 0.3 is 0 Å². The quantitative estimate of drug-likeness (QED) is 0.874. The molecule has 1 heterocycles. The number of amides is 1. The van der Waals surface area contributed by atoms with Crippen molar-refractivity contribution in [2.75, 3.05) is 0 Å². The van der Waals surface area contributed by atoms with Crippen LogP contribution < -0.4 is 5.32 Å². The second kappa shape index (κ2) is 6.21. The third-order valence-electron chi connectivity index (χ3n) is 6.53. The summed E-state index contributed by atoms with van der Waals surface area (Å²) < 4.78 is 0. The van der Waals surface area contributed by atoms with E-state index in [0.29, 0.717) is 23.7 Å². The molecule has 0 aromatic carbocycles. The monoisotopic (exact) mass is 317 g/mol. The summed E-state index contributed by atoms with van der Waals surface area (Å²) in [6.45, 7) is 0. The van der Waals surface area contributed by atoms with Gasteiger partial charge in [-0.3, -0.25) is 4.79 Å². The molecule has 0 spiro atoms. The Morgan fingerprint density at radius 3 is 2.22 bits per heavy atom. The third-order valence-corrected chi connectivity index (χ3v) is 6.53. The number of carbonyl (C=O) groups excluding carboxylic acids is 1. The van der Waals surface area contributed by atoms with Gasteiger partial charge in [-0.25, -0.2) is 0 Å². The fraction of sp³-hybridized carbons (Fsp3) is 0.882. The Kier molecular flexibility index (Phi) is 4.07. The van der Waals surface area contributed by atoms with Gasteiger partial charge in [0, 0.05) is 6.04 Å². The minimum Gasteiger partial charge on any atom is -0.352 e. The molecule has 1 aromatic rings. The molecule has 23 heavy (non-hydrogen) atoms. The highest BCUT2D eigenvalue weighted by Crippen LogP contribution is 2.44. The molecule has 1 amide bonds. The van der Waals surface area contributed by atoms with Crippen LogP contribution in [0.5, 0.6) is 0 Å². The van der Waals surface area contributed by atoms with E-state index in [-0.39, 0.29) is 5.91 Å². The van der Waals surface area contributed by atoms with Gasteiger partial charge in [-0.2, -0.15) is 5.21 Å². The average Bonchev–Trinajstić information content (AvgIpc) is 2.99. The topological polar surface area (TPSA) is 83.6 Å². The lowest BCUT2D eigenvalue weighted by atomic mass is 9.66. The van der Waals surface area contributed by atoms with Crippen molar-refractivity contribution >= 4 is 5.91 Å². The summed E-state index contributed by atoms with van der Waals surface area (Å²) >= 11 is 0. The van der Waals surface area contributed by atoms with E-state index in [1.54, 1.807) is 0 Å². The van der Waals surface area contributed by atoms with Crippen molar-refractivity contribution in [2.45, 2.75) is 82.1 Å². The molecule has 126 valence electrons. The smallest absolute Gasteiger partial charge is 0.234 e. The zero-order chi connectivity index (χ0) is 15.7. The lowest BCUT2D eigenvalue weighted by Crippen LogP contribution is -2.56. The van der Waals surface area contributed by atoms with Crippen LogP contribution >= 0.6 is 0 Å². The Labute approximate surface area is 137 Å². The van der Waals surface area contributed by atoms with E-state index in [9.17, 15) is 4.79 Å². The van der Waals surface area contributed by atoms with Crippen molar-refractivity contribution in [3.8, 4) is 0 Å². The highest BCUT2D eigenvalue weighted by molar-refractivity contribution is 5.88. The third kappa shape index (κ3) is 2.66. The Morgan fingerprint density at radius 1 is 1.04 bits per heavy atom. The second-order valence-corrected chi connectivity index (χ2v) is 7.76. The highest BCUT2D eigenvalue weighted by atomic mass is 16.2. The van der Waals surface area contributed by atoms with Gasteiger partial charge < -0.3 is 5.32 Å². The largest absolute Gasteiger partial charge is 0.352 e. The number of carbonyl (C=O) groups is 1. The summed E-state index contributed by atoms with van der Waals surface area (Å²) in [5.41, 5.74) is -0.524. The van der Waals surface area contributed by atoms with E-state index >= 15 is 0 Å². The van der Waals surface area contributed by atoms with Crippen LogP contribution in [0.2, 0.25) is 0 Å². The van der Waals surface area contributed by atoms with E-state index in [4.69, 9.17) is 0 Å². The lowest BCUT2D eigenvalue weighted by Gasteiger charge is -2.44. The van der Waals surface area contributed by atoms with E-state index in [1.807, 2.05) is 0 Å². The van der Waals surface area contributed by atoms with Crippen LogP contribution in [0.1, 0.15) is 76.5 Å². The summed E-state index contributed by atoms with van der Waals surface area (Å²) in [4.78, 5) is 13.1. The second-order valence-electron chi connectivity index (χ2n) is 7.76. The van der Waals surface area contributed by atoms with Crippen molar-refractivity contribution in [2.24, 2.45) is 11.8 Å². The number of hydrogen-bond donors (Lipinski definition) is 2. The van der Waals surface area contributed by atoms with Crippen LogP contribution in [0.15, 0.2) is 0 Å². The number of aromatic amines is 1. The van der Waals surface area contributed by atoms with Gasteiger partial charge in [0.2, 0.25) is 5.91 Å². The number of nitrogens with zero attached hydrogens (tertiary/aromatic N) is 3. The van der Waals surface area contributed by atoms with Gasteiger partial charge in [-0.1, -0.05) is 37.3 Å². The highest BCUT2D eigenvalue weighted by Gasteiger charge is 2.50. The van der Waals surface area contributed by atoms with Crippen LogP contribution in [0.25, 0.3) is 0 Å². The first-order chi connectivity index (χ1) is 11.3. The minimum absolute atomic E-state index is 0.146. The fourth-order valence-electron chi connectivity index (χ4n) is 4.65. The van der Waals surface area contributed by atoms with Crippen molar-refractivity contribution in [3.63, 3.8) is 0 Å². The summed E-state index contributed by atoms with van der Waals surface area (Å²) in [5, 5.41) is 17.9. The minimum atomic E-state index is -0.524. The average molecular weight is 317 g/mol. The summed E-state index contributed by atoms with van der Waals surface area (Å²) in [5.74, 6) is 2.08. The van der Waals surface area contributed by atoms with E-state index in [0.717, 1.165) is 19.3 Å². The van der Waals surface area contributed by atoms with Gasteiger partial charge in [0.15, 0.2) is 5.82 Å². The molecule has 1 aromatic heterocycles. The molecule has 0 radical (unpaired) electrons. The first-order valence-electron chi connectivity index (χ1n) is 9.34. The van der Waals surface area contributed by atoms with Crippen LogP contribution in [-0.2, 0) is 10.2 Å². The summed E-state index contributed by atoms with van der Waals surface area (Å²) in [6.07, 6.45) is 13.2. The van der Waals surface area contributed by atoms with Crippen molar-refractivity contribution < 1.29 is 4.79 Å². The van der Waals surface area contributed by atoms with Gasteiger partial charge in [0.05, 0.1) is 0 Å². The molecule has 3 aliphatic carbocycles. The molecule has 4 rings (SSSR count). The molecule has 3 saturated carbocycles. The predicted octanol–water partition coefficient (Wildman–Crippen LogP) is 2.49. The van der Waals surface area contributed by atoms with Gasteiger partial charge in [0.1, 0.15) is 5.41 Å². The normalized spacial score (nSPS) is 26.1. The van der Waals surface area contributed by atoms with Crippen LogP contribution in [0.4, 0.5) is 0 Å². The molecule has 6 heteroatoms. The summed E-state index contributed by atoms with van der Waals surface area (Å²) in [7, 11) is 0. The van der Waals surface area contributed by atoms with Crippen LogP contribution in [0, 0.1) is 11.8 Å². The van der Waals surface area contributed by atoms with Gasteiger partial charge in [-0.15, -0.1) is 10.2 Å². The van der Waals surface area contributed by atoms with Gasteiger partial charge in [-0.05, 0) is 50.4 Å². The molecule has 0 aliphatic heterocycles. The van der Waals surface area contributed by atoms with Crippen LogP contribution in [0.3, 0.4) is 0 Å². The Bertz CT molecular complexity index is 529. The van der Waals surface area contributed by atoms with Gasteiger partial charge in [0.25, 0.3) is 0 Å². The lowest BCUT2D eigenvalue weighted by molar-refractivity contribution is -0.132. The molecule has 3 aliphatic rings. The SMILES string of the molecule is O=C(NC(C1CCCCC1)C1CCC1)C1(c2nn[nH]n2)CCC1. The first kappa shape index (κ1) is 15.1. The molecule has 1 unspecified atom stereocenters.